The summed E-state index contributed by atoms with van der Waals surface area (Å²) in [5.74, 6) is -0.291. The minimum absolute atomic E-state index is 0. The smallest absolute Gasteiger partial charge is 0.744 e. The zero-order valence-electron chi connectivity index (χ0n) is 26.5. The number of hydrogen-bond acceptors (Lipinski definition) is 10. The fourth-order valence-electron chi connectivity index (χ4n) is 5.35. The zero-order chi connectivity index (χ0) is 33.6. The van der Waals surface area contributed by atoms with Crippen molar-refractivity contribution in [3.05, 3.63) is 143 Å². The van der Waals surface area contributed by atoms with E-state index in [9.17, 15) is 25.9 Å². The Morgan fingerprint density at radius 3 is 1.42 bits per heavy atom. The summed E-state index contributed by atoms with van der Waals surface area (Å²) < 4.78 is 84.9. The first kappa shape index (κ1) is 36.9. The van der Waals surface area contributed by atoms with Crippen LogP contribution in [0.3, 0.4) is 0 Å². The molecule has 0 aromatic heterocycles. The third-order valence-electron chi connectivity index (χ3n) is 7.62. The van der Waals surface area contributed by atoms with Crippen molar-refractivity contribution >= 4 is 31.6 Å². The zero-order valence-corrected chi connectivity index (χ0v) is 30.2. The van der Waals surface area contributed by atoms with Crippen LogP contribution in [0.15, 0.2) is 125 Å². The molecule has 0 saturated carbocycles. The molecule has 0 aliphatic heterocycles. The Morgan fingerprint density at radius 2 is 1.02 bits per heavy atom. The molecule has 0 fully saturated rings. The molecule has 5 rings (SSSR count). The van der Waals surface area contributed by atoms with Crippen LogP contribution in [0.25, 0.3) is 0 Å². The number of methoxy groups -OCH3 is 2. The van der Waals surface area contributed by atoms with Crippen molar-refractivity contribution in [2.45, 2.75) is 28.8 Å². The van der Waals surface area contributed by atoms with Gasteiger partial charge >= 0.3 is 29.6 Å². The minimum atomic E-state index is -5.27. The summed E-state index contributed by atoms with van der Waals surface area (Å²) in [7, 11) is -7.42. The molecule has 0 atom stereocenters. The molecule has 5 aromatic carbocycles. The molecule has 13 heteroatoms. The summed E-state index contributed by atoms with van der Waals surface area (Å²) in [6.07, 6.45) is 0. The average Bonchev–Trinajstić information content (AvgIpc) is 3.07. The molecule has 2 N–H and O–H groups in total. The van der Waals surface area contributed by atoms with Gasteiger partial charge in [-0.25, -0.2) is 16.8 Å². The Bertz CT molecular complexity index is 1980. The molecule has 0 spiro atoms. The van der Waals surface area contributed by atoms with E-state index in [1.54, 1.807) is 36.4 Å². The predicted molar refractivity (Wildman–Crippen MR) is 177 cm³/mol. The summed E-state index contributed by atoms with van der Waals surface area (Å²) >= 11 is 0. The Balaban J connectivity index is 0.00000520. The van der Waals surface area contributed by atoms with Crippen LogP contribution in [0.5, 0.6) is 11.5 Å². The molecule has 5 aromatic rings. The molecule has 0 aliphatic rings. The average molecular weight is 696 g/mol. The van der Waals surface area contributed by atoms with Gasteiger partial charge in [-0.1, -0.05) is 78.9 Å². The number of benzene rings is 5. The molecule has 48 heavy (non-hydrogen) atoms. The van der Waals surface area contributed by atoms with Crippen molar-refractivity contribution in [3.63, 3.8) is 0 Å². The van der Waals surface area contributed by atoms with Crippen LogP contribution in [0.4, 0.5) is 11.4 Å². The summed E-state index contributed by atoms with van der Waals surface area (Å²) in [4.78, 5) is -1.68. The van der Waals surface area contributed by atoms with E-state index < -0.39 is 35.9 Å². The molecule has 0 heterocycles. The van der Waals surface area contributed by atoms with Crippen LogP contribution in [0.1, 0.15) is 33.7 Å². The molecule has 0 aliphatic carbocycles. The van der Waals surface area contributed by atoms with Gasteiger partial charge in [-0.3, -0.25) is 0 Å². The first-order valence-electron chi connectivity index (χ1n) is 14.4. The van der Waals surface area contributed by atoms with Gasteiger partial charge in [0.2, 0.25) is 0 Å². The molecular formula is C35H32N2NaO8S2-. The van der Waals surface area contributed by atoms with Crippen LogP contribution in [-0.2, 0) is 33.3 Å². The molecule has 10 nitrogen and oxygen atoms in total. The van der Waals surface area contributed by atoms with Crippen LogP contribution in [0.2, 0.25) is 0 Å². The predicted octanol–water partition coefficient (Wildman–Crippen LogP) is 2.92. The summed E-state index contributed by atoms with van der Waals surface area (Å²) in [6.45, 7) is 1.06. The molecule has 0 amide bonds. The van der Waals surface area contributed by atoms with Gasteiger partial charge < -0.3 is 29.2 Å². The monoisotopic (exact) mass is 695 g/mol. The fourth-order valence-corrected chi connectivity index (χ4v) is 6.66. The van der Waals surface area contributed by atoms with Crippen molar-refractivity contribution < 1.29 is 65.0 Å². The van der Waals surface area contributed by atoms with Gasteiger partial charge in [-0.05, 0) is 41.0 Å². The van der Waals surface area contributed by atoms with Crippen molar-refractivity contribution in [2.24, 2.45) is 0 Å². The number of hydrogen-bond donors (Lipinski definition) is 2. The van der Waals surface area contributed by atoms with Crippen LogP contribution in [-0.4, -0.2) is 40.2 Å². The van der Waals surface area contributed by atoms with E-state index in [1.165, 1.54) is 20.3 Å². The number of anilines is 2. The first-order valence-corrected chi connectivity index (χ1v) is 17.3. The van der Waals surface area contributed by atoms with Crippen molar-refractivity contribution in [2.75, 3.05) is 24.9 Å². The van der Waals surface area contributed by atoms with Crippen molar-refractivity contribution in [1.82, 2.24) is 0 Å². The fraction of sp³-hybridized carbons (Fsp3) is 0.143. The van der Waals surface area contributed by atoms with Gasteiger partial charge in [0.05, 0.1) is 24.0 Å². The van der Waals surface area contributed by atoms with Gasteiger partial charge in [0.15, 0.2) is 0 Å². The van der Waals surface area contributed by atoms with E-state index in [0.29, 0.717) is 53.2 Å². The number of nitrogens with one attached hydrogen (secondary N) is 2. The second kappa shape index (κ2) is 16.0. The standard InChI is InChI=1S/C35H34N2O8S2.Na/c1-44-32-19-26(36-22-24-9-5-3-6-10-24)13-16-29(32)35(31-18-15-28(46(38,39)40)21-34(31)47(41,42)43)30-17-14-27(20-33(30)45-2)37-23-25-11-7-4-8-12-25;/h3-21,35-37H,22-23H2,1-2H3,(H,38,39,40)(H,41,42,43);/q;+1/p-2. The Hall–Kier alpha value is -3.88. The topological polar surface area (TPSA) is 157 Å². The van der Waals surface area contributed by atoms with Crippen LogP contribution in [0, 0.1) is 0 Å². The maximum atomic E-state index is 12.6. The van der Waals surface area contributed by atoms with Gasteiger partial charge in [0.1, 0.15) is 31.7 Å². The van der Waals surface area contributed by atoms with E-state index in [0.717, 1.165) is 17.2 Å². The Labute approximate surface area is 302 Å². The SMILES string of the molecule is COc1cc(NCc2ccccc2)ccc1C(c1ccc(NCc2ccccc2)cc1OC)c1ccc(S(=O)(=O)[O-])cc1S(=O)(=O)[O-].[Na+]. The molecule has 244 valence electrons. The summed E-state index contributed by atoms with van der Waals surface area (Å²) in [5, 5.41) is 6.68. The largest absolute Gasteiger partial charge is 1.00 e. The normalized spacial score (nSPS) is 11.4. The summed E-state index contributed by atoms with van der Waals surface area (Å²) in [5.41, 5.74) is 4.40. The van der Waals surface area contributed by atoms with Crippen LogP contribution < -0.4 is 49.7 Å². The van der Waals surface area contributed by atoms with E-state index in [2.05, 4.69) is 10.6 Å². The van der Waals surface area contributed by atoms with Crippen molar-refractivity contribution in [3.8, 4) is 11.5 Å². The van der Waals surface area contributed by atoms with Gasteiger partial charge in [0.25, 0.3) is 0 Å². The van der Waals surface area contributed by atoms with Gasteiger partial charge in [-0.2, -0.15) is 0 Å². The maximum absolute atomic E-state index is 12.6. The minimum Gasteiger partial charge on any atom is -0.744 e. The van der Waals surface area contributed by atoms with E-state index >= 15 is 0 Å². The maximum Gasteiger partial charge on any atom is 1.00 e. The van der Waals surface area contributed by atoms with E-state index in [4.69, 9.17) is 9.47 Å². The summed E-state index contributed by atoms with van der Waals surface area (Å²) in [6, 6.07) is 32.8. The number of rotatable bonds is 13. The Kier molecular flexibility index (Phi) is 12.3. The van der Waals surface area contributed by atoms with E-state index in [1.807, 2.05) is 60.7 Å². The quantitative estimate of drug-likeness (QED) is 0.107. The third-order valence-corrected chi connectivity index (χ3v) is 9.35. The van der Waals surface area contributed by atoms with Crippen molar-refractivity contribution in [1.29, 1.82) is 0 Å². The molecular weight excluding hydrogens is 664 g/mol. The van der Waals surface area contributed by atoms with Gasteiger partial charge in [0, 0.05) is 53.6 Å². The second-order valence-corrected chi connectivity index (χ2v) is 13.4. The van der Waals surface area contributed by atoms with Crippen LogP contribution >= 0.6 is 0 Å². The molecule has 0 bridgehead atoms. The van der Waals surface area contributed by atoms with Gasteiger partial charge in [-0.15, -0.1) is 0 Å². The second-order valence-electron chi connectivity index (χ2n) is 10.6. The van der Waals surface area contributed by atoms with E-state index in [-0.39, 0.29) is 35.1 Å². The molecule has 0 radical (unpaired) electrons. The third kappa shape index (κ3) is 8.97. The Morgan fingerprint density at radius 1 is 0.583 bits per heavy atom. The molecule has 0 saturated heterocycles. The number of ether oxygens (including phenoxy) is 2. The first-order chi connectivity index (χ1) is 22.5. The molecule has 0 unspecified atom stereocenters.